The van der Waals surface area contributed by atoms with Crippen molar-refractivity contribution in [2.45, 2.75) is 83.6 Å². The molecule has 0 aliphatic carbocycles. The predicted octanol–water partition coefficient (Wildman–Crippen LogP) is 4.88. The molecule has 0 amide bonds. The SMILES string of the molecule is CCCCCCCCc1ccc(CCC(N)(CO)CC[P+](=O)OCOC(C)=O)cc1. The highest BCUT2D eigenvalue weighted by atomic mass is 31.1. The molecule has 1 aromatic rings. The number of aliphatic hydroxyl groups is 1. The van der Waals surface area contributed by atoms with Gasteiger partial charge in [0.25, 0.3) is 0 Å². The van der Waals surface area contributed by atoms with Gasteiger partial charge in [0.15, 0.2) is 6.16 Å². The van der Waals surface area contributed by atoms with E-state index in [4.69, 9.17) is 10.3 Å². The molecule has 0 aliphatic rings. The molecule has 0 heterocycles. The molecule has 170 valence electrons. The number of nitrogens with two attached hydrogens (primary N) is 1. The Bertz CT molecular complexity index is 623. The summed E-state index contributed by atoms with van der Waals surface area (Å²) in [5, 5.41) is 9.71. The van der Waals surface area contributed by atoms with Crippen LogP contribution in [0.25, 0.3) is 0 Å². The molecule has 0 fully saturated rings. The van der Waals surface area contributed by atoms with Crippen molar-refractivity contribution in [2.24, 2.45) is 5.73 Å². The fraction of sp³-hybridized carbons (Fsp3) is 0.696. The third-order valence-electron chi connectivity index (χ3n) is 5.32. The lowest BCUT2D eigenvalue weighted by molar-refractivity contribution is -0.147. The predicted molar refractivity (Wildman–Crippen MR) is 121 cm³/mol. The van der Waals surface area contributed by atoms with Crippen molar-refractivity contribution in [3.05, 3.63) is 35.4 Å². The zero-order valence-electron chi connectivity index (χ0n) is 18.6. The number of aryl methyl sites for hydroxylation is 2. The number of esters is 1. The van der Waals surface area contributed by atoms with E-state index in [1.54, 1.807) is 0 Å². The van der Waals surface area contributed by atoms with E-state index >= 15 is 0 Å². The third-order valence-corrected chi connectivity index (χ3v) is 6.30. The number of hydrogen-bond donors (Lipinski definition) is 2. The lowest BCUT2D eigenvalue weighted by Crippen LogP contribution is -2.44. The van der Waals surface area contributed by atoms with E-state index in [1.807, 2.05) is 0 Å². The van der Waals surface area contributed by atoms with Gasteiger partial charge < -0.3 is 15.6 Å². The summed E-state index contributed by atoms with van der Waals surface area (Å²) in [6, 6.07) is 8.62. The van der Waals surface area contributed by atoms with E-state index in [0.29, 0.717) is 12.8 Å². The van der Waals surface area contributed by atoms with Gasteiger partial charge >= 0.3 is 14.0 Å². The van der Waals surface area contributed by atoms with Crippen molar-refractivity contribution in [3.63, 3.8) is 0 Å². The highest BCUT2D eigenvalue weighted by Gasteiger charge is 2.30. The Labute approximate surface area is 182 Å². The Morgan fingerprint density at radius 2 is 1.63 bits per heavy atom. The van der Waals surface area contributed by atoms with Crippen LogP contribution in [0.2, 0.25) is 0 Å². The van der Waals surface area contributed by atoms with Gasteiger partial charge in [0.1, 0.15) is 0 Å². The van der Waals surface area contributed by atoms with E-state index in [1.165, 1.54) is 56.6 Å². The largest absolute Gasteiger partial charge is 0.511 e. The van der Waals surface area contributed by atoms with Crippen LogP contribution in [-0.2, 0) is 31.5 Å². The average molecular weight is 441 g/mol. The summed E-state index contributed by atoms with van der Waals surface area (Å²) in [6.07, 6.45) is 10.8. The van der Waals surface area contributed by atoms with Gasteiger partial charge in [0.2, 0.25) is 6.79 Å². The fourth-order valence-corrected chi connectivity index (χ4v) is 4.13. The molecule has 0 spiro atoms. The van der Waals surface area contributed by atoms with E-state index in [2.05, 4.69) is 35.9 Å². The van der Waals surface area contributed by atoms with Crippen LogP contribution in [0.15, 0.2) is 24.3 Å². The highest BCUT2D eigenvalue weighted by molar-refractivity contribution is 7.39. The molecule has 1 rings (SSSR count). The quantitative estimate of drug-likeness (QED) is 0.155. The summed E-state index contributed by atoms with van der Waals surface area (Å²) in [5.74, 6) is -0.486. The van der Waals surface area contributed by atoms with Gasteiger partial charge in [0.05, 0.1) is 6.61 Å². The summed E-state index contributed by atoms with van der Waals surface area (Å²) in [7, 11) is -1.98. The number of benzene rings is 1. The number of unbranched alkanes of at least 4 members (excludes halogenated alkanes) is 5. The van der Waals surface area contributed by atoms with Gasteiger partial charge in [-0.05, 0) is 41.4 Å². The first-order chi connectivity index (χ1) is 14.4. The van der Waals surface area contributed by atoms with E-state index in [-0.39, 0.29) is 19.6 Å². The molecular formula is C23H39NO5P+. The summed E-state index contributed by atoms with van der Waals surface area (Å²) < 4.78 is 21.4. The number of aliphatic hydroxyl groups excluding tert-OH is 1. The van der Waals surface area contributed by atoms with Gasteiger partial charge in [0, 0.05) is 18.9 Å². The standard InChI is InChI=1S/C23H39NO5P/c1-3-4-5-6-7-8-9-21-10-12-22(13-11-21)14-15-23(24,18-25)16-17-30(27)29-19-28-20(2)26/h10-13,25H,3-9,14-19,24H2,1-2H3/q+1. The first kappa shape index (κ1) is 26.7. The molecule has 0 aromatic heterocycles. The maximum atomic E-state index is 11.9. The molecule has 2 atom stereocenters. The van der Waals surface area contributed by atoms with Gasteiger partial charge in [-0.3, -0.25) is 4.79 Å². The van der Waals surface area contributed by atoms with Crippen LogP contribution in [-0.4, -0.2) is 36.2 Å². The summed E-state index contributed by atoms with van der Waals surface area (Å²) in [4.78, 5) is 10.7. The molecule has 30 heavy (non-hydrogen) atoms. The molecule has 0 radical (unpaired) electrons. The number of ether oxygens (including phenoxy) is 1. The molecule has 0 aliphatic heterocycles. The second kappa shape index (κ2) is 15.5. The van der Waals surface area contributed by atoms with Crippen LogP contribution in [0.1, 0.15) is 76.3 Å². The van der Waals surface area contributed by atoms with E-state index in [9.17, 15) is 14.5 Å². The number of carbonyl (C=O) groups excluding carboxylic acids is 1. The Kier molecular flexibility index (Phi) is 13.8. The molecule has 7 heteroatoms. The van der Waals surface area contributed by atoms with Gasteiger partial charge in [-0.2, -0.15) is 0 Å². The van der Waals surface area contributed by atoms with Crippen molar-refractivity contribution in [1.29, 1.82) is 0 Å². The van der Waals surface area contributed by atoms with Gasteiger partial charge in [-0.1, -0.05) is 63.3 Å². The number of hydrogen-bond acceptors (Lipinski definition) is 6. The monoisotopic (exact) mass is 440 g/mol. The Morgan fingerprint density at radius 3 is 2.23 bits per heavy atom. The zero-order chi connectivity index (χ0) is 22.2. The third kappa shape index (κ3) is 12.4. The van der Waals surface area contributed by atoms with Crippen molar-refractivity contribution < 1.29 is 23.7 Å². The van der Waals surface area contributed by atoms with Crippen LogP contribution >= 0.6 is 8.03 Å². The topological polar surface area (TPSA) is 98.8 Å². The molecule has 1 aromatic carbocycles. The molecule has 0 saturated carbocycles. The number of rotatable bonds is 17. The van der Waals surface area contributed by atoms with Crippen LogP contribution in [0.4, 0.5) is 0 Å². The Balaban J connectivity index is 2.33. The van der Waals surface area contributed by atoms with Gasteiger partial charge in [-0.15, -0.1) is 4.52 Å². The lowest BCUT2D eigenvalue weighted by atomic mass is 9.90. The molecule has 3 N–H and O–H groups in total. The average Bonchev–Trinajstić information content (AvgIpc) is 2.74. The van der Waals surface area contributed by atoms with Crippen LogP contribution in [0.3, 0.4) is 0 Å². The Morgan fingerprint density at radius 1 is 1.03 bits per heavy atom. The number of carbonyl (C=O) groups is 1. The van der Waals surface area contributed by atoms with Gasteiger partial charge in [-0.25, -0.2) is 0 Å². The molecule has 2 unspecified atom stereocenters. The van der Waals surface area contributed by atoms with E-state index in [0.717, 1.165) is 12.8 Å². The minimum atomic E-state index is -1.98. The second-order valence-corrected chi connectivity index (χ2v) is 9.41. The molecular weight excluding hydrogens is 401 g/mol. The van der Waals surface area contributed by atoms with E-state index < -0.39 is 19.5 Å². The maximum absolute atomic E-state index is 11.9. The summed E-state index contributed by atoms with van der Waals surface area (Å²) in [6.45, 7) is 2.98. The molecule has 0 saturated heterocycles. The van der Waals surface area contributed by atoms with Crippen molar-refractivity contribution in [2.75, 3.05) is 19.6 Å². The van der Waals surface area contributed by atoms with Crippen LogP contribution in [0.5, 0.6) is 0 Å². The minimum absolute atomic E-state index is 0.184. The first-order valence-electron chi connectivity index (χ1n) is 11.1. The smallest absolute Gasteiger partial charge is 0.434 e. The normalized spacial score (nSPS) is 13.7. The van der Waals surface area contributed by atoms with Crippen molar-refractivity contribution in [3.8, 4) is 0 Å². The minimum Gasteiger partial charge on any atom is -0.434 e. The summed E-state index contributed by atoms with van der Waals surface area (Å²) >= 11 is 0. The zero-order valence-corrected chi connectivity index (χ0v) is 19.5. The fourth-order valence-electron chi connectivity index (χ4n) is 3.21. The second-order valence-electron chi connectivity index (χ2n) is 8.04. The van der Waals surface area contributed by atoms with Crippen molar-refractivity contribution >= 4 is 14.0 Å². The molecule has 0 bridgehead atoms. The highest BCUT2D eigenvalue weighted by Crippen LogP contribution is 2.27. The van der Waals surface area contributed by atoms with Crippen LogP contribution < -0.4 is 5.73 Å². The Hall–Kier alpha value is -1.33. The lowest BCUT2D eigenvalue weighted by Gasteiger charge is -2.25. The summed E-state index contributed by atoms with van der Waals surface area (Å²) in [5.41, 5.74) is 8.02. The first-order valence-corrected chi connectivity index (χ1v) is 12.4. The van der Waals surface area contributed by atoms with Crippen LogP contribution in [0, 0.1) is 0 Å². The van der Waals surface area contributed by atoms with Crippen molar-refractivity contribution in [1.82, 2.24) is 0 Å². The maximum Gasteiger partial charge on any atom is 0.511 e. The molecule has 6 nitrogen and oxygen atoms in total.